The molecule has 6 nitrogen and oxygen atoms in total. The molecule has 0 saturated heterocycles. The van der Waals surface area contributed by atoms with E-state index in [1.165, 1.54) is 0 Å². The first-order valence-electron chi connectivity index (χ1n) is 6.47. The number of nitrogens with one attached hydrogen (secondary N) is 2. The van der Waals surface area contributed by atoms with Crippen LogP contribution in [-0.2, 0) is 11.8 Å². The summed E-state index contributed by atoms with van der Waals surface area (Å²) in [6, 6.07) is 0. The highest BCUT2D eigenvalue weighted by atomic mass is 16.1. The van der Waals surface area contributed by atoms with Gasteiger partial charge in [0.05, 0.1) is 12.1 Å². The molecule has 1 rings (SSSR count). The number of anilines is 2. The Labute approximate surface area is 114 Å². The molecule has 0 aliphatic heterocycles. The van der Waals surface area contributed by atoms with Crippen molar-refractivity contribution in [1.82, 2.24) is 9.78 Å². The van der Waals surface area contributed by atoms with Crippen molar-refractivity contribution >= 4 is 23.1 Å². The lowest BCUT2D eigenvalue weighted by Crippen LogP contribution is -2.27. The molecule has 1 unspecified atom stereocenters. The minimum atomic E-state index is -0.426. The maximum atomic E-state index is 12.0. The first-order valence-corrected chi connectivity index (χ1v) is 6.47. The lowest BCUT2D eigenvalue weighted by atomic mass is 10.1. The lowest BCUT2D eigenvalue weighted by Gasteiger charge is -2.20. The van der Waals surface area contributed by atoms with Gasteiger partial charge in [0.1, 0.15) is 11.5 Å². The molecular weight excluding hydrogens is 242 g/mol. The Morgan fingerprint density at radius 3 is 2.79 bits per heavy atom. The Morgan fingerprint density at radius 2 is 2.26 bits per heavy atom. The monoisotopic (exact) mass is 265 g/mol. The quantitative estimate of drug-likeness (QED) is 0.771. The topological polar surface area (TPSA) is 74.0 Å². The van der Waals surface area contributed by atoms with Crippen LogP contribution < -0.4 is 10.2 Å². The molecule has 1 heterocycles. The summed E-state index contributed by atoms with van der Waals surface area (Å²) in [5.74, 6) is 0.279. The second kappa shape index (κ2) is 6.36. The van der Waals surface area contributed by atoms with Crippen LogP contribution in [0.25, 0.3) is 0 Å². The number of amides is 1. The van der Waals surface area contributed by atoms with Crippen LogP contribution >= 0.6 is 0 Å². The van der Waals surface area contributed by atoms with Gasteiger partial charge in [-0.15, -0.1) is 0 Å². The Morgan fingerprint density at radius 1 is 1.63 bits per heavy atom. The van der Waals surface area contributed by atoms with Gasteiger partial charge in [0.25, 0.3) is 0 Å². The molecule has 1 atom stereocenters. The van der Waals surface area contributed by atoms with Crippen molar-refractivity contribution in [2.45, 2.75) is 27.2 Å². The average molecular weight is 265 g/mol. The number of aryl methyl sites for hydroxylation is 1. The summed E-state index contributed by atoms with van der Waals surface area (Å²) in [6.45, 7) is 6.36. The third kappa shape index (κ3) is 3.56. The van der Waals surface area contributed by atoms with E-state index in [-0.39, 0.29) is 5.91 Å². The van der Waals surface area contributed by atoms with Crippen molar-refractivity contribution in [3.05, 3.63) is 6.20 Å². The molecule has 0 saturated carbocycles. The predicted octanol–water partition coefficient (Wildman–Crippen LogP) is 1.88. The van der Waals surface area contributed by atoms with Gasteiger partial charge < -0.3 is 15.6 Å². The van der Waals surface area contributed by atoms with Crippen molar-refractivity contribution in [1.29, 1.82) is 5.41 Å². The van der Waals surface area contributed by atoms with Crippen LogP contribution in [0.2, 0.25) is 0 Å². The summed E-state index contributed by atoms with van der Waals surface area (Å²) in [6.07, 6.45) is 2.66. The highest BCUT2D eigenvalue weighted by Gasteiger charge is 2.19. The molecule has 0 fully saturated rings. The Balaban J connectivity index is 2.90. The van der Waals surface area contributed by atoms with Crippen LogP contribution in [0.4, 0.5) is 11.5 Å². The van der Waals surface area contributed by atoms with Gasteiger partial charge in [0, 0.05) is 26.4 Å². The zero-order valence-electron chi connectivity index (χ0n) is 12.3. The Kier molecular flexibility index (Phi) is 5.09. The third-order valence-corrected chi connectivity index (χ3v) is 3.13. The van der Waals surface area contributed by atoms with Gasteiger partial charge in [-0.3, -0.25) is 9.48 Å². The van der Waals surface area contributed by atoms with Gasteiger partial charge in [0.15, 0.2) is 0 Å². The van der Waals surface area contributed by atoms with E-state index in [0.29, 0.717) is 11.4 Å². The largest absolute Gasteiger partial charge is 0.358 e. The minimum Gasteiger partial charge on any atom is -0.358 e. The standard InChI is InChI=1S/C13H23N5O/c1-6-7-17(4)13-11(8-15-18(13)5)16-12(19)9(2)10(3)14/h8-9,14H,6-7H2,1-5H3,(H,16,19). The van der Waals surface area contributed by atoms with Gasteiger partial charge in [-0.05, 0) is 20.3 Å². The second-order valence-corrected chi connectivity index (χ2v) is 4.82. The van der Waals surface area contributed by atoms with E-state index in [0.717, 1.165) is 18.8 Å². The van der Waals surface area contributed by atoms with Crippen LogP contribution in [0.3, 0.4) is 0 Å². The lowest BCUT2D eigenvalue weighted by molar-refractivity contribution is -0.117. The van der Waals surface area contributed by atoms with Crippen LogP contribution in [-0.4, -0.2) is 35.0 Å². The van der Waals surface area contributed by atoms with Gasteiger partial charge in [-0.25, -0.2) is 0 Å². The summed E-state index contributed by atoms with van der Waals surface area (Å²) < 4.78 is 1.74. The van der Waals surface area contributed by atoms with E-state index < -0.39 is 5.92 Å². The molecule has 0 spiro atoms. The predicted molar refractivity (Wildman–Crippen MR) is 78.0 cm³/mol. The van der Waals surface area contributed by atoms with Crippen LogP contribution in [0.5, 0.6) is 0 Å². The number of carbonyl (C=O) groups is 1. The Hall–Kier alpha value is -1.85. The highest BCUT2D eigenvalue weighted by Crippen LogP contribution is 2.24. The summed E-state index contributed by atoms with van der Waals surface area (Å²) in [5, 5.41) is 14.5. The molecule has 2 N–H and O–H groups in total. The summed E-state index contributed by atoms with van der Waals surface area (Å²) >= 11 is 0. The third-order valence-electron chi connectivity index (χ3n) is 3.13. The zero-order valence-corrected chi connectivity index (χ0v) is 12.3. The number of rotatable bonds is 6. The number of hydrogen-bond donors (Lipinski definition) is 2. The first-order chi connectivity index (χ1) is 8.88. The van der Waals surface area contributed by atoms with Crippen molar-refractivity contribution in [2.24, 2.45) is 13.0 Å². The maximum absolute atomic E-state index is 12.0. The Bertz CT molecular complexity index is 466. The number of nitrogens with zero attached hydrogens (tertiary/aromatic N) is 3. The van der Waals surface area contributed by atoms with E-state index in [2.05, 4.69) is 22.2 Å². The van der Waals surface area contributed by atoms with Crippen molar-refractivity contribution in [3.8, 4) is 0 Å². The first kappa shape index (κ1) is 15.2. The summed E-state index contributed by atoms with van der Waals surface area (Å²) in [7, 11) is 3.82. The fourth-order valence-electron chi connectivity index (χ4n) is 1.85. The fourth-order valence-corrected chi connectivity index (χ4v) is 1.85. The van der Waals surface area contributed by atoms with Crippen molar-refractivity contribution in [2.75, 3.05) is 23.8 Å². The molecule has 19 heavy (non-hydrogen) atoms. The molecule has 0 bridgehead atoms. The number of carbonyl (C=O) groups excluding carboxylic acids is 1. The molecule has 0 aliphatic carbocycles. The normalized spacial score (nSPS) is 12.1. The molecular formula is C13H23N5O. The van der Waals surface area contributed by atoms with E-state index in [4.69, 9.17) is 5.41 Å². The maximum Gasteiger partial charge on any atom is 0.232 e. The van der Waals surface area contributed by atoms with E-state index >= 15 is 0 Å². The molecule has 0 aromatic carbocycles. The van der Waals surface area contributed by atoms with Crippen LogP contribution in [0.1, 0.15) is 27.2 Å². The van der Waals surface area contributed by atoms with Crippen molar-refractivity contribution in [3.63, 3.8) is 0 Å². The smallest absolute Gasteiger partial charge is 0.232 e. The highest BCUT2D eigenvalue weighted by molar-refractivity contribution is 6.07. The minimum absolute atomic E-state index is 0.174. The summed E-state index contributed by atoms with van der Waals surface area (Å²) in [5.41, 5.74) is 1.04. The van der Waals surface area contributed by atoms with Gasteiger partial charge in [0.2, 0.25) is 5.91 Å². The molecule has 106 valence electrons. The molecule has 1 amide bonds. The molecule has 0 aliphatic rings. The SMILES string of the molecule is CCCN(C)c1c(NC(=O)C(C)C(C)=N)cnn1C. The zero-order chi connectivity index (χ0) is 14.6. The van der Waals surface area contributed by atoms with Crippen molar-refractivity contribution < 1.29 is 4.79 Å². The number of hydrogen-bond acceptors (Lipinski definition) is 4. The van der Waals surface area contributed by atoms with Gasteiger partial charge in [-0.1, -0.05) is 6.92 Å². The van der Waals surface area contributed by atoms with Gasteiger partial charge in [-0.2, -0.15) is 5.10 Å². The number of aromatic nitrogens is 2. The molecule has 6 heteroatoms. The van der Waals surface area contributed by atoms with Crippen LogP contribution in [0, 0.1) is 11.3 Å². The van der Waals surface area contributed by atoms with E-state index in [9.17, 15) is 4.79 Å². The second-order valence-electron chi connectivity index (χ2n) is 4.82. The van der Waals surface area contributed by atoms with Crippen LogP contribution in [0.15, 0.2) is 6.20 Å². The van der Waals surface area contributed by atoms with E-state index in [1.54, 1.807) is 24.7 Å². The van der Waals surface area contributed by atoms with E-state index in [1.807, 2.05) is 14.1 Å². The van der Waals surface area contributed by atoms with Gasteiger partial charge >= 0.3 is 0 Å². The summed E-state index contributed by atoms with van der Waals surface area (Å²) in [4.78, 5) is 14.0. The molecule has 0 radical (unpaired) electrons. The fraction of sp³-hybridized carbons (Fsp3) is 0.615. The molecule has 1 aromatic heterocycles. The average Bonchev–Trinajstić information content (AvgIpc) is 2.69. The molecule has 1 aromatic rings.